The van der Waals surface area contributed by atoms with Crippen molar-refractivity contribution >= 4 is 0 Å². The summed E-state index contributed by atoms with van der Waals surface area (Å²) in [5, 5.41) is 0. The zero-order valence-corrected chi connectivity index (χ0v) is 14.4. The van der Waals surface area contributed by atoms with Gasteiger partial charge in [-0.2, -0.15) is 0 Å². The lowest BCUT2D eigenvalue weighted by Gasteiger charge is -2.29. The topological polar surface area (TPSA) is 9.72 Å². The van der Waals surface area contributed by atoms with Crippen LogP contribution in [0.5, 0.6) is 0 Å². The minimum atomic E-state index is 0.917. The number of rotatable bonds is 5. The lowest BCUT2D eigenvalue weighted by atomic mass is 10.0. The number of hydrogen-bond donors (Lipinski definition) is 0. The highest BCUT2D eigenvalue weighted by Crippen LogP contribution is 2.31. The van der Waals surface area contributed by atoms with Crippen molar-refractivity contribution in [2.24, 2.45) is 11.8 Å². The zero-order valence-electron chi connectivity index (χ0n) is 14.4. The van der Waals surface area contributed by atoms with Crippen LogP contribution >= 0.6 is 0 Å². The fourth-order valence-electron chi connectivity index (χ4n) is 4.81. The molecule has 1 aromatic rings. The Labute approximate surface area is 141 Å². The Hall–Kier alpha value is -0.900. The van der Waals surface area contributed by atoms with Gasteiger partial charge in [-0.3, -0.25) is 4.90 Å². The molecular formula is C20H31N3. The van der Waals surface area contributed by atoms with E-state index in [9.17, 15) is 0 Å². The quantitative estimate of drug-likeness (QED) is 0.827. The van der Waals surface area contributed by atoms with Crippen LogP contribution < -0.4 is 0 Å². The molecule has 4 rings (SSSR count). The fraction of sp³-hybridized carbons (Fsp3) is 0.700. The Morgan fingerprint density at radius 1 is 0.696 bits per heavy atom. The number of piperidine rings is 1. The Morgan fingerprint density at radius 3 is 2.00 bits per heavy atom. The van der Waals surface area contributed by atoms with E-state index in [0.717, 1.165) is 18.4 Å². The summed E-state index contributed by atoms with van der Waals surface area (Å²) in [6.07, 6.45) is 4.28. The highest BCUT2D eigenvalue weighted by molar-refractivity contribution is 5.15. The van der Waals surface area contributed by atoms with Crippen molar-refractivity contribution < 1.29 is 0 Å². The standard InChI is InChI=1S/C20H31N3/c1-3-7-18(8-4-1)13-23-16-19-14-22(15-20(19)17-23)12-11-21-9-5-2-6-10-21/h1,3-4,7-8,19-20H,2,5-6,9-17H2/t19-,20+. The van der Waals surface area contributed by atoms with Crippen LogP contribution in [0.15, 0.2) is 30.3 Å². The van der Waals surface area contributed by atoms with Gasteiger partial charge in [0.15, 0.2) is 0 Å². The fourth-order valence-corrected chi connectivity index (χ4v) is 4.81. The molecule has 0 N–H and O–H groups in total. The average Bonchev–Trinajstić information content (AvgIpc) is 3.13. The second-order valence-electron chi connectivity index (χ2n) is 7.86. The summed E-state index contributed by atoms with van der Waals surface area (Å²) in [6, 6.07) is 11.0. The molecule has 0 unspecified atom stereocenters. The summed E-state index contributed by atoms with van der Waals surface area (Å²) in [5.41, 5.74) is 1.47. The molecule has 3 aliphatic rings. The first-order chi connectivity index (χ1) is 11.4. The van der Waals surface area contributed by atoms with Gasteiger partial charge in [-0.25, -0.2) is 0 Å². The molecule has 0 radical (unpaired) electrons. The van der Waals surface area contributed by atoms with Crippen LogP contribution in [0.2, 0.25) is 0 Å². The number of hydrogen-bond acceptors (Lipinski definition) is 3. The third kappa shape index (κ3) is 3.96. The van der Waals surface area contributed by atoms with E-state index in [1.807, 2.05) is 0 Å². The molecule has 0 spiro atoms. The summed E-state index contributed by atoms with van der Waals surface area (Å²) in [5.74, 6) is 1.83. The van der Waals surface area contributed by atoms with Crippen molar-refractivity contribution in [1.29, 1.82) is 0 Å². The molecule has 3 fully saturated rings. The molecule has 3 heterocycles. The van der Waals surface area contributed by atoms with Crippen molar-refractivity contribution in [3.63, 3.8) is 0 Å². The lowest BCUT2D eigenvalue weighted by Crippen LogP contribution is -2.38. The number of benzene rings is 1. The largest absolute Gasteiger partial charge is 0.302 e. The first-order valence-electron chi connectivity index (χ1n) is 9.58. The molecule has 3 nitrogen and oxygen atoms in total. The Bertz CT molecular complexity index is 469. The maximum absolute atomic E-state index is 2.74. The average molecular weight is 313 g/mol. The van der Waals surface area contributed by atoms with E-state index >= 15 is 0 Å². The molecule has 0 amide bonds. The molecule has 126 valence electrons. The maximum Gasteiger partial charge on any atom is 0.0233 e. The second kappa shape index (κ2) is 7.33. The van der Waals surface area contributed by atoms with E-state index in [1.54, 1.807) is 0 Å². The number of nitrogens with zero attached hydrogens (tertiary/aromatic N) is 3. The van der Waals surface area contributed by atoms with E-state index in [1.165, 1.54) is 77.2 Å². The highest BCUT2D eigenvalue weighted by Gasteiger charge is 2.39. The lowest BCUT2D eigenvalue weighted by molar-refractivity contribution is 0.184. The SMILES string of the molecule is c1ccc(CN2C[C@H]3CN(CCN4CCCCC4)C[C@H]3C2)cc1. The predicted octanol–water partition coefficient (Wildman–Crippen LogP) is 2.54. The van der Waals surface area contributed by atoms with Gasteiger partial charge in [0.05, 0.1) is 0 Å². The van der Waals surface area contributed by atoms with Gasteiger partial charge in [0.2, 0.25) is 0 Å². The third-order valence-corrected chi connectivity index (χ3v) is 6.07. The van der Waals surface area contributed by atoms with Crippen molar-refractivity contribution in [2.45, 2.75) is 25.8 Å². The monoisotopic (exact) mass is 313 g/mol. The molecule has 0 aromatic heterocycles. The molecule has 0 saturated carbocycles. The zero-order chi connectivity index (χ0) is 15.5. The minimum Gasteiger partial charge on any atom is -0.302 e. The summed E-state index contributed by atoms with van der Waals surface area (Å²) < 4.78 is 0. The summed E-state index contributed by atoms with van der Waals surface area (Å²) >= 11 is 0. The second-order valence-corrected chi connectivity index (χ2v) is 7.86. The Morgan fingerprint density at radius 2 is 1.30 bits per heavy atom. The van der Waals surface area contributed by atoms with Crippen LogP contribution in [0, 0.1) is 11.8 Å². The molecule has 3 heteroatoms. The van der Waals surface area contributed by atoms with Crippen LogP contribution in [0.1, 0.15) is 24.8 Å². The van der Waals surface area contributed by atoms with Gasteiger partial charge in [0.1, 0.15) is 0 Å². The predicted molar refractivity (Wildman–Crippen MR) is 95.4 cm³/mol. The van der Waals surface area contributed by atoms with Gasteiger partial charge >= 0.3 is 0 Å². The van der Waals surface area contributed by atoms with Crippen molar-refractivity contribution in [3.05, 3.63) is 35.9 Å². The van der Waals surface area contributed by atoms with Crippen molar-refractivity contribution in [3.8, 4) is 0 Å². The van der Waals surface area contributed by atoms with E-state index in [-0.39, 0.29) is 0 Å². The van der Waals surface area contributed by atoms with Gasteiger partial charge in [-0.05, 0) is 43.3 Å². The van der Waals surface area contributed by atoms with E-state index in [2.05, 4.69) is 45.0 Å². The molecule has 0 aliphatic carbocycles. The molecular weight excluding hydrogens is 282 g/mol. The molecule has 3 saturated heterocycles. The van der Waals surface area contributed by atoms with Crippen molar-refractivity contribution in [1.82, 2.24) is 14.7 Å². The Kier molecular flexibility index (Phi) is 4.98. The van der Waals surface area contributed by atoms with Crippen molar-refractivity contribution in [2.75, 3.05) is 52.4 Å². The summed E-state index contributed by atoms with van der Waals surface area (Å²) in [7, 11) is 0. The van der Waals surface area contributed by atoms with Crippen LogP contribution in [-0.2, 0) is 6.54 Å². The Balaban J connectivity index is 1.20. The number of likely N-dealkylation sites (tertiary alicyclic amines) is 3. The molecule has 1 aromatic carbocycles. The summed E-state index contributed by atoms with van der Waals surface area (Å²) in [6.45, 7) is 11.7. The molecule has 23 heavy (non-hydrogen) atoms. The molecule has 3 aliphatic heterocycles. The van der Waals surface area contributed by atoms with Gasteiger partial charge < -0.3 is 9.80 Å². The third-order valence-electron chi connectivity index (χ3n) is 6.07. The molecule has 0 bridgehead atoms. The van der Waals surface area contributed by atoms with E-state index in [0.29, 0.717) is 0 Å². The van der Waals surface area contributed by atoms with Gasteiger partial charge in [-0.15, -0.1) is 0 Å². The first-order valence-corrected chi connectivity index (χ1v) is 9.58. The van der Waals surface area contributed by atoms with Crippen LogP contribution in [0.3, 0.4) is 0 Å². The maximum atomic E-state index is 2.74. The van der Waals surface area contributed by atoms with Gasteiger partial charge in [0.25, 0.3) is 0 Å². The number of fused-ring (bicyclic) bond motifs is 1. The van der Waals surface area contributed by atoms with E-state index in [4.69, 9.17) is 0 Å². The highest BCUT2D eigenvalue weighted by atomic mass is 15.3. The van der Waals surface area contributed by atoms with Gasteiger partial charge in [0, 0.05) is 45.8 Å². The molecule has 2 atom stereocenters. The van der Waals surface area contributed by atoms with Crippen LogP contribution in [0.25, 0.3) is 0 Å². The minimum absolute atomic E-state index is 0.917. The van der Waals surface area contributed by atoms with Gasteiger partial charge in [-0.1, -0.05) is 36.8 Å². The first kappa shape index (κ1) is 15.6. The normalized spacial score (nSPS) is 29.9. The van der Waals surface area contributed by atoms with E-state index < -0.39 is 0 Å². The summed E-state index contributed by atoms with van der Waals surface area (Å²) in [4.78, 5) is 8.09. The smallest absolute Gasteiger partial charge is 0.0233 e. The van der Waals surface area contributed by atoms with Crippen LogP contribution in [-0.4, -0.2) is 67.1 Å². The van der Waals surface area contributed by atoms with Crippen LogP contribution in [0.4, 0.5) is 0 Å².